The number of phenols is 1. The zero-order chi connectivity index (χ0) is 19.7. The number of ether oxygens (including phenoxy) is 1. The van der Waals surface area contributed by atoms with E-state index in [9.17, 15) is 9.90 Å². The van der Waals surface area contributed by atoms with Crippen molar-refractivity contribution in [3.63, 3.8) is 0 Å². The smallest absolute Gasteiger partial charge is 0.232 e. The van der Waals surface area contributed by atoms with Gasteiger partial charge in [-0.25, -0.2) is 0 Å². The van der Waals surface area contributed by atoms with Crippen molar-refractivity contribution in [2.75, 3.05) is 7.05 Å². The molecule has 1 aromatic heterocycles. The highest BCUT2D eigenvalue weighted by Gasteiger charge is 2.32. The first-order valence-electron chi connectivity index (χ1n) is 9.22. The number of rotatable bonds is 5. The molecule has 2 N–H and O–H groups in total. The summed E-state index contributed by atoms with van der Waals surface area (Å²) >= 11 is 0. The summed E-state index contributed by atoms with van der Waals surface area (Å²) in [5.74, 6) is 1.90. The number of fused-ring (bicyclic) bond motifs is 1. The molecule has 2 aromatic carbocycles. The van der Waals surface area contributed by atoms with E-state index < -0.39 is 0 Å². The number of aromatic hydroxyl groups is 1. The molecular formula is C23H22NO4+. The average molecular weight is 376 g/mol. The van der Waals surface area contributed by atoms with Crippen LogP contribution in [-0.4, -0.2) is 17.9 Å². The van der Waals surface area contributed by atoms with E-state index in [1.165, 1.54) is 10.5 Å². The van der Waals surface area contributed by atoms with E-state index >= 15 is 0 Å². The predicted octanol–water partition coefficient (Wildman–Crippen LogP) is 3.12. The molecule has 3 aromatic rings. The van der Waals surface area contributed by atoms with Crippen LogP contribution in [0.4, 0.5) is 0 Å². The van der Waals surface area contributed by atoms with Crippen molar-refractivity contribution >= 4 is 11.9 Å². The van der Waals surface area contributed by atoms with Crippen LogP contribution in [0.2, 0.25) is 0 Å². The van der Waals surface area contributed by atoms with E-state index in [0.717, 1.165) is 12.3 Å². The van der Waals surface area contributed by atoms with Gasteiger partial charge in [0.15, 0.2) is 11.5 Å². The number of allylic oxidation sites excluding steroid dienone is 1. The molecule has 2 heterocycles. The molecule has 0 aliphatic carbocycles. The number of carbonyl (C=O) groups excluding carboxylic acids is 1. The second-order valence-electron chi connectivity index (χ2n) is 7.12. The van der Waals surface area contributed by atoms with Gasteiger partial charge in [-0.2, -0.15) is 0 Å². The molecule has 4 rings (SSSR count). The molecule has 1 aliphatic rings. The predicted molar refractivity (Wildman–Crippen MR) is 105 cm³/mol. The Morgan fingerprint density at radius 1 is 1.04 bits per heavy atom. The van der Waals surface area contributed by atoms with Crippen LogP contribution in [0.5, 0.6) is 11.5 Å². The number of carbonyl (C=O) groups is 1. The maximum absolute atomic E-state index is 12.7. The molecule has 0 amide bonds. The van der Waals surface area contributed by atoms with Crippen LogP contribution >= 0.6 is 0 Å². The Bertz CT molecular complexity index is 1050. The molecule has 0 saturated carbocycles. The number of aryl methyl sites for hydroxylation is 1. The van der Waals surface area contributed by atoms with Gasteiger partial charge in [-0.15, -0.1) is 0 Å². The number of hydrogen-bond acceptors (Lipinski definition) is 4. The number of ketones is 1. The highest BCUT2D eigenvalue weighted by molar-refractivity contribution is 6.14. The van der Waals surface area contributed by atoms with E-state index in [1.807, 2.05) is 38.2 Å². The van der Waals surface area contributed by atoms with Crippen molar-refractivity contribution in [1.29, 1.82) is 0 Å². The number of Topliss-reactive ketones (excluding diaryl/α,β-unsaturated/α-hetero) is 1. The third-order valence-electron chi connectivity index (χ3n) is 4.78. The summed E-state index contributed by atoms with van der Waals surface area (Å²) in [6.07, 6.45) is 1.59. The number of benzene rings is 2. The molecule has 0 spiro atoms. The van der Waals surface area contributed by atoms with E-state index in [4.69, 9.17) is 9.15 Å². The van der Waals surface area contributed by atoms with Gasteiger partial charge in [-0.05, 0) is 31.2 Å². The quantitative estimate of drug-likeness (QED) is 0.672. The van der Waals surface area contributed by atoms with Crippen LogP contribution in [-0.2, 0) is 13.1 Å². The van der Waals surface area contributed by atoms with Gasteiger partial charge in [0.2, 0.25) is 5.78 Å². The summed E-state index contributed by atoms with van der Waals surface area (Å²) < 4.78 is 11.4. The van der Waals surface area contributed by atoms with E-state index in [0.29, 0.717) is 29.2 Å². The molecule has 0 radical (unpaired) electrons. The Labute approximate surface area is 163 Å². The second kappa shape index (κ2) is 7.37. The minimum Gasteiger partial charge on any atom is -0.507 e. The molecule has 0 fully saturated rings. The first kappa shape index (κ1) is 18.1. The van der Waals surface area contributed by atoms with Crippen LogP contribution in [0.25, 0.3) is 6.08 Å². The maximum atomic E-state index is 12.7. The summed E-state index contributed by atoms with van der Waals surface area (Å²) in [5, 5.41) is 10.4. The topological polar surface area (TPSA) is 64.1 Å². The summed E-state index contributed by atoms with van der Waals surface area (Å²) in [6, 6.07) is 16.9. The fourth-order valence-corrected chi connectivity index (χ4v) is 3.44. The first-order chi connectivity index (χ1) is 13.5. The lowest BCUT2D eigenvalue weighted by atomic mass is 10.0. The van der Waals surface area contributed by atoms with E-state index in [2.05, 4.69) is 12.1 Å². The van der Waals surface area contributed by atoms with Gasteiger partial charge < -0.3 is 19.2 Å². The SMILES string of the molecule is Cc1ccc(/C=C2/Oc3c(ccc(O)c3C[NH+](C)Cc3ccccc3)C2=O)o1. The summed E-state index contributed by atoms with van der Waals surface area (Å²) in [5.41, 5.74) is 2.31. The van der Waals surface area contributed by atoms with Gasteiger partial charge in [0, 0.05) is 11.6 Å². The Kier molecular flexibility index (Phi) is 4.75. The van der Waals surface area contributed by atoms with Crippen LogP contribution in [0.15, 0.2) is 64.8 Å². The highest BCUT2D eigenvalue weighted by Crippen LogP contribution is 2.39. The summed E-state index contributed by atoms with van der Waals surface area (Å²) in [7, 11) is 2.05. The normalized spacial score (nSPS) is 15.5. The van der Waals surface area contributed by atoms with Crippen molar-refractivity contribution in [2.24, 2.45) is 0 Å². The van der Waals surface area contributed by atoms with Gasteiger partial charge in [-0.1, -0.05) is 30.3 Å². The van der Waals surface area contributed by atoms with Gasteiger partial charge >= 0.3 is 0 Å². The van der Waals surface area contributed by atoms with Crippen LogP contribution in [0, 0.1) is 6.92 Å². The minimum atomic E-state index is -0.203. The minimum absolute atomic E-state index is 0.133. The number of nitrogens with one attached hydrogen (secondary N) is 1. The lowest BCUT2D eigenvalue weighted by molar-refractivity contribution is -0.907. The number of quaternary nitrogens is 1. The lowest BCUT2D eigenvalue weighted by Gasteiger charge is -2.16. The second-order valence-corrected chi connectivity index (χ2v) is 7.12. The zero-order valence-electron chi connectivity index (χ0n) is 15.9. The molecule has 0 saturated heterocycles. The lowest BCUT2D eigenvalue weighted by Crippen LogP contribution is -3.06. The Balaban J connectivity index is 1.60. The van der Waals surface area contributed by atoms with Gasteiger partial charge in [0.05, 0.1) is 18.2 Å². The van der Waals surface area contributed by atoms with E-state index in [-0.39, 0.29) is 17.3 Å². The number of hydrogen-bond donors (Lipinski definition) is 2. The van der Waals surface area contributed by atoms with Crippen molar-refractivity contribution in [3.05, 3.63) is 88.6 Å². The first-order valence-corrected chi connectivity index (χ1v) is 9.22. The van der Waals surface area contributed by atoms with Crippen molar-refractivity contribution in [1.82, 2.24) is 0 Å². The Hall–Kier alpha value is -3.31. The zero-order valence-corrected chi connectivity index (χ0v) is 15.9. The standard InChI is InChI=1S/C23H21NO4/c1-15-8-9-17(27-15)12-21-22(26)18-10-11-20(25)19(23(18)28-21)14-24(2)13-16-6-4-3-5-7-16/h3-12,25H,13-14H2,1-2H3/p+1/b21-12+. The molecule has 5 nitrogen and oxygen atoms in total. The van der Waals surface area contributed by atoms with Crippen LogP contribution in [0.1, 0.15) is 33.0 Å². The summed E-state index contributed by atoms with van der Waals surface area (Å²) in [4.78, 5) is 13.9. The number of phenolic OH excluding ortho intramolecular Hbond substituents is 1. The molecule has 1 unspecified atom stereocenters. The van der Waals surface area contributed by atoms with Gasteiger partial charge in [-0.3, -0.25) is 4.79 Å². The van der Waals surface area contributed by atoms with Gasteiger partial charge in [0.25, 0.3) is 0 Å². The molecule has 5 heteroatoms. The molecular weight excluding hydrogens is 354 g/mol. The molecule has 1 aliphatic heterocycles. The third-order valence-corrected chi connectivity index (χ3v) is 4.78. The highest BCUT2D eigenvalue weighted by atomic mass is 16.5. The fourth-order valence-electron chi connectivity index (χ4n) is 3.44. The average Bonchev–Trinajstić information content (AvgIpc) is 3.22. The Morgan fingerprint density at radius 2 is 1.82 bits per heavy atom. The van der Waals surface area contributed by atoms with Crippen molar-refractivity contribution < 1.29 is 24.0 Å². The largest absolute Gasteiger partial charge is 0.507 e. The fraction of sp³-hybridized carbons (Fsp3) is 0.174. The summed E-state index contributed by atoms with van der Waals surface area (Å²) in [6.45, 7) is 3.17. The van der Waals surface area contributed by atoms with Gasteiger partial charge in [0.1, 0.15) is 30.4 Å². The third kappa shape index (κ3) is 3.57. The molecule has 142 valence electrons. The van der Waals surface area contributed by atoms with E-state index in [1.54, 1.807) is 24.3 Å². The monoisotopic (exact) mass is 376 g/mol. The van der Waals surface area contributed by atoms with Crippen LogP contribution < -0.4 is 9.64 Å². The molecule has 0 bridgehead atoms. The van der Waals surface area contributed by atoms with Crippen molar-refractivity contribution in [2.45, 2.75) is 20.0 Å². The molecule has 28 heavy (non-hydrogen) atoms. The van der Waals surface area contributed by atoms with Crippen molar-refractivity contribution in [3.8, 4) is 11.5 Å². The Morgan fingerprint density at radius 3 is 2.54 bits per heavy atom. The maximum Gasteiger partial charge on any atom is 0.232 e. The number of furan rings is 1. The molecule has 1 atom stereocenters. The van der Waals surface area contributed by atoms with Crippen LogP contribution in [0.3, 0.4) is 0 Å².